The number of aliphatic carboxylic acids is 1. The second-order valence-corrected chi connectivity index (χ2v) is 4.60. The quantitative estimate of drug-likeness (QED) is 0.671. The molecule has 1 atom stereocenters. The predicted octanol–water partition coefficient (Wildman–Crippen LogP) is 1.34. The fourth-order valence-electron chi connectivity index (χ4n) is 0.863. The fraction of sp³-hybridized carbons (Fsp3) is 0.833. The molecule has 6 heteroatoms. The molecule has 72 valence electrons. The van der Waals surface area contributed by atoms with E-state index in [2.05, 4.69) is 9.05 Å². The summed E-state index contributed by atoms with van der Waals surface area (Å²) in [6, 6.07) is 0. The van der Waals surface area contributed by atoms with Gasteiger partial charge in [-0.1, -0.05) is 6.92 Å². The van der Waals surface area contributed by atoms with E-state index in [0.717, 1.165) is 0 Å². The summed E-state index contributed by atoms with van der Waals surface area (Å²) >= 11 is 0. The zero-order valence-corrected chi connectivity index (χ0v) is 8.21. The molecule has 0 bridgehead atoms. The minimum atomic E-state index is -3.45. The molecule has 0 fully saturated rings. The lowest BCUT2D eigenvalue weighted by atomic mass is 10.3. The molecule has 5 nitrogen and oxygen atoms in total. The molecule has 1 N–H and O–H groups in total. The van der Waals surface area contributed by atoms with Crippen LogP contribution >= 0.6 is 7.60 Å². The van der Waals surface area contributed by atoms with Crippen LogP contribution in [0.2, 0.25) is 0 Å². The molecule has 12 heavy (non-hydrogen) atoms. The Morgan fingerprint density at radius 1 is 1.50 bits per heavy atom. The maximum absolute atomic E-state index is 11.5. The van der Waals surface area contributed by atoms with E-state index >= 15 is 0 Å². The highest BCUT2D eigenvalue weighted by Crippen LogP contribution is 2.52. The highest BCUT2D eigenvalue weighted by atomic mass is 31.2. The summed E-state index contributed by atoms with van der Waals surface area (Å²) in [7, 11) is -1.09. The van der Waals surface area contributed by atoms with E-state index in [4.69, 9.17) is 5.11 Å². The van der Waals surface area contributed by atoms with Crippen molar-refractivity contribution < 1.29 is 23.5 Å². The highest BCUT2D eigenvalue weighted by Gasteiger charge is 2.38. The lowest BCUT2D eigenvalue weighted by molar-refractivity contribution is -0.137. The molecule has 0 saturated carbocycles. The van der Waals surface area contributed by atoms with Crippen molar-refractivity contribution in [2.75, 3.05) is 14.2 Å². The Labute approximate surface area is 71.2 Å². The van der Waals surface area contributed by atoms with Crippen LogP contribution in [0.15, 0.2) is 0 Å². The number of hydrogen-bond donors (Lipinski definition) is 1. The van der Waals surface area contributed by atoms with Crippen molar-refractivity contribution in [3.63, 3.8) is 0 Å². The molecule has 0 spiro atoms. The van der Waals surface area contributed by atoms with Crippen molar-refractivity contribution in [1.82, 2.24) is 0 Å². The summed E-state index contributed by atoms with van der Waals surface area (Å²) in [6.07, 6.45) is 0.217. The van der Waals surface area contributed by atoms with Crippen LogP contribution in [0.25, 0.3) is 0 Å². The summed E-state index contributed by atoms with van der Waals surface area (Å²) in [5.74, 6) is -1.16. The molecule has 0 saturated heterocycles. The Balaban J connectivity index is 4.68. The van der Waals surface area contributed by atoms with Crippen molar-refractivity contribution in [1.29, 1.82) is 0 Å². The van der Waals surface area contributed by atoms with Crippen molar-refractivity contribution in [3.05, 3.63) is 0 Å². The second kappa shape index (κ2) is 4.60. The van der Waals surface area contributed by atoms with Gasteiger partial charge in [0.1, 0.15) is 0 Å². The zero-order chi connectivity index (χ0) is 9.78. The van der Waals surface area contributed by atoms with E-state index in [1.54, 1.807) is 6.92 Å². The van der Waals surface area contributed by atoms with Gasteiger partial charge in [0.15, 0.2) is 5.66 Å². The first-order valence-corrected chi connectivity index (χ1v) is 5.07. The molecule has 0 aromatic heterocycles. The lowest BCUT2D eigenvalue weighted by Gasteiger charge is -2.19. The van der Waals surface area contributed by atoms with E-state index in [9.17, 15) is 9.36 Å². The van der Waals surface area contributed by atoms with Gasteiger partial charge in [0.05, 0.1) is 0 Å². The molecule has 1 unspecified atom stereocenters. The molecular formula is C6H13O5P. The molecule has 0 aromatic rings. The standard InChI is InChI=1S/C6H13O5P/c1-4-5(6(7)8)12(9,10-2)11-3/h5H,4H2,1-3H3,(H,7,8). The Morgan fingerprint density at radius 3 is 2.00 bits per heavy atom. The SMILES string of the molecule is CCC(C(=O)O)P(=O)(OC)OC. The van der Waals surface area contributed by atoms with Crippen molar-refractivity contribution in [2.24, 2.45) is 0 Å². The second-order valence-electron chi connectivity index (χ2n) is 2.17. The third-order valence-electron chi connectivity index (χ3n) is 1.56. The number of rotatable bonds is 5. The first-order valence-electron chi connectivity index (χ1n) is 3.45. The predicted molar refractivity (Wildman–Crippen MR) is 43.3 cm³/mol. The van der Waals surface area contributed by atoms with Crippen LogP contribution < -0.4 is 0 Å². The van der Waals surface area contributed by atoms with Gasteiger partial charge in [-0.05, 0) is 6.42 Å². The molecule has 0 aliphatic heterocycles. The van der Waals surface area contributed by atoms with Gasteiger partial charge >= 0.3 is 13.6 Å². The average Bonchev–Trinajstić information content (AvgIpc) is 2.04. The maximum Gasteiger partial charge on any atom is 0.344 e. The van der Waals surface area contributed by atoms with Crippen LogP contribution in [0, 0.1) is 0 Å². The van der Waals surface area contributed by atoms with Crippen LogP contribution in [0.1, 0.15) is 13.3 Å². The smallest absolute Gasteiger partial charge is 0.344 e. The summed E-state index contributed by atoms with van der Waals surface area (Å²) in [5, 5.41) is 8.64. The Bertz CT molecular complexity index is 194. The third kappa shape index (κ3) is 2.30. The normalized spacial score (nSPS) is 14.2. The van der Waals surface area contributed by atoms with Gasteiger partial charge in [0, 0.05) is 14.2 Å². The summed E-state index contributed by atoms with van der Waals surface area (Å²) in [4.78, 5) is 10.6. The molecule has 0 aliphatic carbocycles. The zero-order valence-electron chi connectivity index (χ0n) is 7.31. The first kappa shape index (κ1) is 11.6. The van der Waals surface area contributed by atoms with Crippen LogP contribution in [-0.4, -0.2) is 31.0 Å². The molecule has 0 rings (SSSR count). The number of carboxylic acids is 1. The van der Waals surface area contributed by atoms with Gasteiger partial charge in [0.25, 0.3) is 0 Å². The molecule has 0 heterocycles. The monoisotopic (exact) mass is 196 g/mol. The van der Waals surface area contributed by atoms with Crippen LogP contribution in [-0.2, 0) is 18.4 Å². The lowest BCUT2D eigenvalue weighted by Crippen LogP contribution is -2.21. The number of carbonyl (C=O) groups is 1. The topological polar surface area (TPSA) is 72.8 Å². The largest absolute Gasteiger partial charge is 0.481 e. The van der Waals surface area contributed by atoms with E-state index in [1.165, 1.54) is 14.2 Å². The Kier molecular flexibility index (Phi) is 4.45. The third-order valence-corrected chi connectivity index (χ3v) is 3.93. The molecule has 0 aliphatic rings. The molecule has 0 radical (unpaired) electrons. The summed E-state index contributed by atoms with van der Waals surface area (Å²) in [5.41, 5.74) is -1.08. The Morgan fingerprint density at radius 2 is 1.92 bits per heavy atom. The van der Waals surface area contributed by atoms with Gasteiger partial charge in [-0.15, -0.1) is 0 Å². The van der Waals surface area contributed by atoms with Crippen LogP contribution in [0.4, 0.5) is 0 Å². The van der Waals surface area contributed by atoms with E-state index < -0.39 is 19.2 Å². The van der Waals surface area contributed by atoms with E-state index in [-0.39, 0.29) is 6.42 Å². The minimum absolute atomic E-state index is 0.217. The van der Waals surface area contributed by atoms with Gasteiger partial charge < -0.3 is 14.2 Å². The van der Waals surface area contributed by atoms with Crippen LogP contribution in [0.3, 0.4) is 0 Å². The van der Waals surface area contributed by atoms with E-state index in [0.29, 0.717) is 0 Å². The average molecular weight is 196 g/mol. The molecule has 0 amide bonds. The number of hydrogen-bond acceptors (Lipinski definition) is 4. The Hall–Kier alpha value is -0.380. The van der Waals surface area contributed by atoms with Crippen LogP contribution in [0.5, 0.6) is 0 Å². The fourth-order valence-corrected chi connectivity index (χ4v) is 2.24. The highest BCUT2D eigenvalue weighted by molar-refractivity contribution is 7.55. The molecular weight excluding hydrogens is 183 g/mol. The molecule has 0 aromatic carbocycles. The minimum Gasteiger partial charge on any atom is -0.481 e. The summed E-state index contributed by atoms with van der Waals surface area (Å²) in [6.45, 7) is 1.61. The van der Waals surface area contributed by atoms with Gasteiger partial charge in [-0.2, -0.15) is 0 Å². The van der Waals surface area contributed by atoms with Crippen molar-refractivity contribution in [3.8, 4) is 0 Å². The first-order chi connectivity index (χ1) is 5.51. The van der Waals surface area contributed by atoms with Gasteiger partial charge in [0.2, 0.25) is 0 Å². The van der Waals surface area contributed by atoms with Crippen molar-refractivity contribution >= 4 is 13.6 Å². The van der Waals surface area contributed by atoms with Gasteiger partial charge in [-0.3, -0.25) is 9.36 Å². The van der Waals surface area contributed by atoms with Gasteiger partial charge in [-0.25, -0.2) is 0 Å². The summed E-state index contributed by atoms with van der Waals surface area (Å²) < 4.78 is 20.6. The maximum atomic E-state index is 11.5. The van der Waals surface area contributed by atoms with Crippen molar-refractivity contribution in [2.45, 2.75) is 19.0 Å². The number of carboxylic acid groups (broad SMARTS) is 1. The van der Waals surface area contributed by atoms with E-state index in [1.807, 2.05) is 0 Å².